The van der Waals surface area contributed by atoms with Crippen molar-refractivity contribution >= 4 is 11.7 Å². The molecule has 5 nitrogen and oxygen atoms in total. The number of carbonyl (C=O) groups is 1. The van der Waals surface area contributed by atoms with Crippen molar-refractivity contribution in [1.29, 1.82) is 0 Å². The Bertz CT molecular complexity index is 442. The molecule has 0 radical (unpaired) electrons. The Hall–Kier alpha value is -1.59. The zero-order valence-electron chi connectivity index (χ0n) is 11.8. The van der Waals surface area contributed by atoms with Crippen molar-refractivity contribution in [2.24, 2.45) is 5.92 Å². The maximum atomic E-state index is 11.8. The van der Waals surface area contributed by atoms with Gasteiger partial charge >= 0.3 is 6.03 Å². The molecule has 5 heteroatoms. The summed E-state index contributed by atoms with van der Waals surface area (Å²) in [6.07, 6.45) is 1.49. The van der Waals surface area contributed by atoms with Crippen molar-refractivity contribution < 1.29 is 14.6 Å². The summed E-state index contributed by atoms with van der Waals surface area (Å²) < 4.78 is 5.29. The Labute approximate surface area is 119 Å². The van der Waals surface area contributed by atoms with Crippen molar-refractivity contribution in [3.05, 3.63) is 29.8 Å². The van der Waals surface area contributed by atoms with Crippen LogP contribution < -0.4 is 10.6 Å². The molecule has 0 aromatic heterocycles. The average molecular weight is 278 g/mol. The van der Waals surface area contributed by atoms with Crippen LogP contribution in [0.2, 0.25) is 0 Å². The van der Waals surface area contributed by atoms with Gasteiger partial charge in [-0.2, -0.15) is 0 Å². The molecule has 2 rings (SSSR count). The summed E-state index contributed by atoms with van der Waals surface area (Å²) >= 11 is 0. The lowest BCUT2D eigenvalue weighted by Gasteiger charge is -2.11. The van der Waals surface area contributed by atoms with Gasteiger partial charge < -0.3 is 20.5 Å². The Balaban J connectivity index is 1.74. The van der Waals surface area contributed by atoms with E-state index < -0.39 is 6.10 Å². The number of anilines is 1. The van der Waals surface area contributed by atoms with Crippen LogP contribution in [0, 0.1) is 5.92 Å². The van der Waals surface area contributed by atoms with Crippen LogP contribution in [0.1, 0.15) is 31.4 Å². The number of hydrogen-bond donors (Lipinski definition) is 3. The second kappa shape index (κ2) is 7.26. The molecule has 1 aliphatic heterocycles. The third kappa shape index (κ3) is 4.51. The molecule has 0 bridgehead atoms. The molecule has 0 saturated carbocycles. The molecule has 2 atom stereocenters. The number of urea groups is 1. The van der Waals surface area contributed by atoms with Crippen LogP contribution >= 0.6 is 0 Å². The van der Waals surface area contributed by atoms with Gasteiger partial charge in [-0.15, -0.1) is 0 Å². The molecule has 1 heterocycles. The van der Waals surface area contributed by atoms with Gasteiger partial charge in [-0.25, -0.2) is 4.79 Å². The number of aliphatic hydroxyl groups is 1. The highest BCUT2D eigenvalue weighted by Crippen LogP contribution is 2.17. The van der Waals surface area contributed by atoms with E-state index in [0.717, 1.165) is 31.6 Å². The van der Waals surface area contributed by atoms with Crippen LogP contribution in [0.5, 0.6) is 0 Å². The minimum absolute atomic E-state index is 0.216. The predicted molar refractivity (Wildman–Crippen MR) is 77.6 cm³/mol. The first-order chi connectivity index (χ1) is 9.65. The van der Waals surface area contributed by atoms with Crippen molar-refractivity contribution in [1.82, 2.24) is 5.32 Å². The SMILES string of the molecule is CC(O)c1cccc(NC(=O)NCCC2CCOC2)c1. The van der Waals surface area contributed by atoms with Crippen LogP contribution in [-0.2, 0) is 4.74 Å². The lowest BCUT2D eigenvalue weighted by atomic mass is 10.1. The van der Waals surface area contributed by atoms with E-state index in [2.05, 4.69) is 10.6 Å². The molecule has 1 aromatic carbocycles. The number of rotatable bonds is 5. The molecule has 1 saturated heterocycles. The van der Waals surface area contributed by atoms with Crippen LogP contribution in [0.25, 0.3) is 0 Å². The van der Waals surface area contributed by atoms with Crippen LogP contribution in [0.4, 0.5) is 10.5 Å². The first-order valence-corrected chi connectivity index (χ1v) is 7.06. The average Bonchev–Trinajstić information content (AvgIpc) is 2.92. The van der Waals surface area contributed by atoms with E-state index in [1.165, 1.54) is 0 Å². The molecular formula is C15H22N2O3. The van der Waals surface area contributed by atoms with E-state index in [1.54, 1.807) is 19.1 Å². The molecule has 110 valence electrons. The van der Waals surface area contributed by atoms with Crippen LogP contribution in [0.3, 0.4) is 0 Å². The molecule has 3 N–H and O–H groups in total. The summed E-state index contributed by atoms with van der Waals surface area (Å²) in [5, 5.41) is 15.1. The highest BCUT2D eigenvalue weighted by Gasteiger charge is 2.15. The molecule has 1 aromatic rings. The topological polar surface area (TPSA) is 70.6 Å². The zero-order valence-corrected chi connectivity index (χ0v) is 11.8. The van der Waals surface area contributed by atoms with Gasteiger partial charge in [0, 0.05) is 25.4 Å². The maximum Gasteiger partial charge on any atom is 0.319 e. The largest absolute Gasteiger partial charge is 0.389 e. The number of nitrogens with one attached hydrogen (secondary N) is 2. The molecule has 20 heavy (non-hydrogen) atoms. The maximum absolute atomic E-state index is 11.8. The molecule has 0 spiro atoms. The van der Waals surface area contributed by atoms with Crippen molar-refractivity contribution in [2.75, 3.05) is 25.1 Å². The van der Waals surface area contributed by atoms with Gasteiger partial charge in [-0.05, 0) is 43.4 Å². The first kappa shape index (κ1) is 14.8. The Morgan fingerprint density at radius 1 is 1.55 bits per heavy atom. The van der Waals surface area contributed by atoms with E-state index in [0.29, 0.717) is 18.2 Å². The smallest absolute Gasteiger partial charge is 0.319 e. The lowest BCUT2D eigenvalue weighted by molar-refractivity contribution is 0.184. The van der Waals surface area contributed by atoms with Gasteiger partial charge in [-0.3, -0.25) is 0 Å². The highest BCUT2D eigenvalue weighted by atomic mass is 16.5. The van der Waals surface area contributed by atoms with E-state index >= 15 is 0 Å². The Morgan fingerprint density at radius 3 is 3.10 bits per heavy atom. The predicted octanol–water partition coefficient (Wildman–Crippen LogP) is 2.29. The molecular weight excluding hydrogens is 256 g/mol. The fourth-order valence-corrected chi connectivity index (χ4v) is 2.25. The normalized spacial score (nSPS) is 19.6. The third-order valence-corrected chi connectivity index (χ3v) is 3.49. The lowest BCUT2D eigenvalue weighted by Crippen LogP contribution is -2.30. The van der Waals surface area contributed by atoms with Gasteiger partial charge in [0.15, 0.2) is 0 Å². The van der Waals surface area contributed by atoms with E-state index in [1.807, 2.05) is 12.1 Å². The van der Waals surface area contributed by atoms with E-state index in [9.17, 15) is 9.90 Å². The molecule has 1 fully saturated rings. The fraction of sp³-hybridized carbons (Fsp3) is 0.533. The summed E-state index contributed by atoms with van der Waals surface area (Å²) in [4.78, 5) is 11.8. The fourth-order valence-electron chi connectivity index (χ4n) is 2.25. The standard InChI is InChI=1S/C15H22N2O3/c1-11(18)13-3-2-4-14(9-13)17-15(19)16-7-5-12-6-8-20-10-12/h2-4,9,11-12,18H,5-8,10H2,1H3,(H2,16,17,19). The number of aliphatic hydroxyl groups excluding tert-OH is 1. The van der Waals surface area contributed by atoms with Crippen LogP contribution in [-0.4, -0.2) is 30.9 Å². The summed E-state index contributed by atoms with van der Waals surface area (Å²) in [5.74, 6) is 0.564. The van der Waals surface area contributed by atoms with Crippen molar-refractivity contribution in [2.45, 2.75) is 25.9 Å². The Kier molecular flexibility index (Phi) is 5.38. The minimum atomic E-state index is -0.540. The van der Waals surface area contributed by atoms with Crippen molar-refractivity contribution in [3.63, 3.8) is 0 Å². The molecule has 2 amide bonds. The number of benzene rings is 1. The van der Waals surface area contributed by atoms with Crippen molar-refractivity contribution in [3.8, 4) is 0 Å². The summed E-state index contributed by atoms with van der Waals surface area (Å²) in [5.41, 5.74) is 1.47. The minimum Gasteiger partial charge on any atom is -0.389 e. The highest BCUT2D eigenvalue weighted by molar-refractivity contribution is 5.89. The molecule has 2 unspecified atom stereocenters. The third-order valence-electron chi connectivity index (χ3n) is 3.49. The number of amides is 2. The van der Waals surface area contributed by atoms with Gasteiger partial charge in [0.2, 0.25) is 0 Å². The number of ether oxygens (including phenoxy) is 1. The first-order valence-electron chi connectivity index (χ1n) is 7.06. The van der Waals surface area contributed by atoms with Crippen LogP contribution in [0.15, 0.2) is 24.3 Å². The summed E-state index contributed by atoms with van der Waals surface area (Å²) in [6, 6.07) is 7.00. The molecule has 0 aliphatic carbocycles. The number of carbonyl (C=O) groups excluding carboxylic acids is 1. The van der Waals surface area contributed by atoms with Gasteiger partial charge in [0.05, 0.1) is 6.10 Å². The molecule has 1 aliphatic rings. The van der Waals surface area contributed by atoms with E-state index in [-0.39, 0.29) is 6.03 Å². The van der Waals surface area contributed by atoms with E-state index in [4.69, 9.17) is 4.74 Å². The second-order valence-corrected chi connectivity index (χ2v) is 5.20. The Morgan fingerprint density at radius 2 is 2.40 bits per heavy atom. The van der Waals surface area contributed by atoms with Gasteiger partial charge in [-0.1, -0.05) is 12.1 Å². The quantitative estimate of drug-likeness (QED) is 0.774. The summed E-state index contributed by atoms with van der Waals surface area (Å²) in [7, 11) is 0. The summed E-state index contributed by atoms with van der Waals surface area (Å²) in [6.45, 7) is 3.99. The van der Waals surface area contributed by atoms with Gasteiger partial charge in [0.1, 0.15) is 0 Å². The monoisotopic (exact) mass is 278 g/mol. The number of hydrogen-bond acceptors (Lipinski definition) is 3. The second-order valence-electron chi connectivity index (χ2n) is 5.20. The zero-order chi connectivity index (χ0) is 14.4. The van der Waals surface area contributed by atoms with Gasteiger partial charge in [0.25, 0.3) is 0 Å².